The number of piperidine rings is 1. The summed E-state index contributed by atoms with van der Waals surface area (Å²) in [7, 11) is 0. The maximum Gasteiger partial charge on any atom is 0.213 e. The van der Waals surface area contributed by atoms with Crippen molar-refractivity contribution in [3.63, 3.8) is 0 Å². The van der Waals surface area contributed by atoms with Crippen molar-refractivity contribution in [3.05, 3.63) is 36.0 Å². The normalized spacial score (nSPS) is 18.7. The highest BCUT2D eigenvalue weighted by molar-refractivity contribution is 5.80. The quantitative estimate of drug-likeness (QED) is 0.389. The zero-order valence-corrected chi connectivity index (χ0v) is 17.4. The Morgan fingerprint density at radius 3 is 2.79 bits per heavy atom. The van der Waals surface area contributed by atoms with Gasteiger partial charge in [-0.1, -0.05) is 12.2 Å². The molecule has 0 amide bonds. The molecule has 6 nitrogen and oxygen atoms in total. The molecule has 1 saturated carbocycles. The van der Waals surface area contributed by atoms with Gasteiger partial charge in [-0.2, -0.15) is 0 Å². The number of aliphatic imine (C=N–C) groups is 1. The van der Waals surface area contributed by atoms with E-state index in [9.17, 15) is 0 Å². The van der Waals surface area contributed by atoms with Gasteiger partial charge in [-0.3, -0.25) is 4.90 Å². The topological polar surface area (TPSA) is 61.8 Å². The van der Waals surface area contributed by atoms with Crippen LogP contribution in [0, 0.1) is 5.92 Å². The summed E-state index contributed by atoms with van der Waals surface area (Å²) in [4.78, 5) is 11.6. The number of hydrogen-bond donors (Lipinski definition) is 2. The minimum atomic E-state index is 0.467. The summed E-state index contributed by atoms with van der Waals surface area (Å²) in [5.74, 6) is 2.33. The van der Waals surface area contributed by atoms with Crippen molar-refractivity contribution < 1.29 is 4.74 Å². The average molecular weight is 386 g/mol. The van der Waals surface area contributed by atoms with Gasteiger partial charge in [0.25, 0.3) is 0 Å². The second-order valence-electron chi connectivity index (χ2n) is 8.10. The number of guanidine groups is 1. The Hall–Kier alpha value is -2.08. The second kappa shape index (κ2) is 10.5. The molecule has 2 aliphatic rings. The SMILES string of the molecule is C=C(C)CN1CCC(NC(=NCc2ccnc(OCC3CC3)c2)NCC)CC1. The van der Waals surface area contributed by atoms with Crippen LogP contribution in [0.2, 0.25) is 0 Å². The lowest BCUT2D eigenvalue weighted by Gasteiger charge is -2.33. The molecule has 2 heterocycles. The van der Waals surface area contributed by atoms with Gasteiger partial charge in [0.05, 0.1) is 13.2 Å². The van der Waals surface area contributed by atoms with Crippen molar-refractivity contribution >= 4 is 5.96 Å². The van der Waals surface area contributed by atoms with E-state index in [1.165, 1.54) is 18.4 Å². The van der Waals surface area contributed by atoms with Crippen molar-refractivity contribution in [2.24, 2.45) is 10.9 Å². The summed E-state index contributed by atoms with van der Waals surface area (Å²) in [6, 6.07) is 4.48. The largest absolute Gasteiger partial charge is 0.477 e. The highest BCUT2D eigenvalue weighted by atomic mass is 16.5. The van der Waals surface area contributed by atoms with Crippen molar-refractivity contribution in [3.8, 4) is 5.88 Å². The zero-order valence-electron chi connectivity index (χ0n) is 17.4. The molecular weight excluding hydrogens is 350 g/mol. The molecule has 1 aliphatic heterocycles. The number of nitrogens with one attached hydrogen (secondary N) is 2. The minimum Gasteiger partial charge on any atom is -0.477 e. The van der Waals surface area contributed by atoms with Crippen molar-refractivity contribution in [2.45, 2.75) is 52.1 Å². The van der Waals surface area contributed by atoms with Crippen LogP contribution in [0.25, 0.3) is 0 Å². The van der Waals surface area contributed by atoms with Gasteiger partial charge >= 0.3 is 0 Å². The van der Waals surface area contributed by atoms with E-state index in [1.54, 1.807) is 0 Å². The van der Waals surface area contributed by atoms with Crippen LogP contribution in [0.1, 0.15) is 45.1 Å². The molecule has 0 radical (unpaired) electrons. The first-order chi connectivity index (χ1) is 13.6. The Labute approximate surface area is 169 Å². The van der Waals surface area contributed by atoms with E-state index in [2.05, 4.69) is 40.9 Å². The number of ether oxygens (including phenoxy) is 1. The molecule has 1 saturated heterocycles. The summed E-state index contributed by atoms with van der Waals surface area (Å²) < 4.78 is 5.78. The fourth-order valence-corrected chi connectivity index (χ4v) is 3.42. The summed E-state index contributed by atoms with van der Waals surface area (Å²) in [5.41, 5.74) is 2.36. The van der Waals surface area contributed by atoms with Crippen LogP contribution < -0.4 is 15.4 Å². The number of aromatic nitrogens is 1. The van der Waals surface area contributed by atoms with E-state index in [0.717, 1.165) is 63.1 Å². The van der Waals surface area contributed by atoms with Crippen LogP contribution in [-0.2, 0) is 6.54 Å². The summed E-state index contributed by atoms with van der Waals surface area (Å²) in [5, 5.41) is 6.98. The standard InChI is InChI=1S/C22H35N5O/c1-4-23-22(26-20-8-11-27(12-9-20)15-17(2)3)25-14-19-7-10-24-21(13-19)28-16-18-5-6-18/h7,10,13,18,20H,2,4-6,8-9,11-12,14-16H2,1,3H3,(H2,23,25,26). The minimum absolute atomic E-state index is 0.467. The van der Waals surface area contributed by atoms with E-state index in [-0.39, 0.29) is 0 Å². The monoisotopic (exact) mass is 385 g/mol. The molecule has 0 spiro atoms. The number of rotatable bonds is 9. The van der Waals surface area contributed by atoms with Crippen LogP contribution in [0.5, 0.6) is 5.88 Å². The predicted octanol–water partition coefficient (Wildman–Crippen LogP) is 2.97. The van der Waals surface area contributed by atoms with E-state index in [0.29, 0.717) is 18.5 Å². The molecule has 154 valence electrons. The van der Waals surface area contributed by atoms with Gasteiger partial charge in [-0.15, -0.1) is 0 Å². The molecule has 1 aromatic heterocycles. The highest BCUT2D eigenvalue weighted by Crippen LogP contribution is 2.29. The fraction of sp³-hybridized carbons (Fsp3) is 0.636. The van der Waals surface area contributed by atoms with Crippen molar-refractivity contribution in [1.82, 2.24) is 20.5 Å². The molecule has 2 N–H and O–H groups in total. The second-order valence-corrected chi connectivity index (χ2v) is 8.10. The third kappa shape index (κ3) is 7.15. The van der Waals surface area contributed by atoms with Crippen LogP contribution >= 0.6 is 0 Å². The molecule has 28 heavy (non-hydrogen) atoms. The number of hydrogen-bond acceptors (Lipinski definition) is 4. The summed E-state index contributed by atoms with van der Waals surface area (Å²) in [6.07, 6.45) is 6.64. The van der Waals surface area contributed by atoms with Gasteiger partial charge in [0, 0.05) is 44.5 Å². The third-order valence-electron chi connectivity index (χ3n) is 5.15. The molecule has 1 aliphatic carbocycles. The van der Waals surface area contributed by atoms with Gasteiger partial charge < -0.3 is 15.4 Å². The van der Waals surface area contributed by atoms with Gasteiger partial charge in [-0.05, 0) is 57.1 Å². The van der Waals surface area contributed by atoms with Crippen LogP contribution in [0.3, 0.4) is 0 Å². The third-order valence-corrected chi connectivity index (χ3v) is 5.15. The highest BCUT2D eigenvalue weighted by Gasteiger charge is 2.22. The first-order valence-electron chi connectivity index (χ1n) is 10.6. The zero-order chi connectivity index (χ0) is 19.8. The van der Waals surface area contributed by atoms with E-state index in [1.807, 2.05) is 18.3 Å². The van der Waals surface area contributed by atoms with Gasteiger partial charge in [0.2, 0.25) is 5.88 Å². The lowest BCUT2D eigenvalue weighted by molar-refractivity contribution is 0.221. The fourth-order valence-electron chi connectivity index (χ4n) is 3.42. The Bertz CT molecular complexity index is 663. The summed E-state index contributed by atoms with van der Waals surface area (Å²) in [6.45, 7) is 13.7. The Morgan fingerprint density at radius 2 is 2.11 bits per heavy atom. The molecule has 0 unspecified atom stereocenters. The number of pyridine rings is 1. The maximum absolute atomic E-state index is 5.78. The number of nitrogens with zero attached hydrogens (tertiary/aromatic N) is 3. The first kappa shape index (κ1) is 20.6. The van der Waals surface area contributed by atoms with Crippen LogP contribution in [-0.4, -0.2) is 54.7 Å². The Balaban J connectivity index is 1.49. The van der Waals surface area contributed by atoms with Crippen molar-refractivity contribution in [2.75, 3.05) is 32.8 Å². The van der Waals surface area contributed by atoms with E-state index < -0.39 is 0 Å². The summed E-state index contributed by atoms with van der Waals surface area (Å²) >= 11 is 0. The lowest BCUT2D eigenvalue weighted by atomic mass is 10.0. The first-order valence-corrected chi connectivity index (χ1v) is 10.6. The molecular formula is C22H35N5O. The molecule has 0 atom stereocenters. The van der Waals surface area contributed by atoms with Gasteiger partial charge in [0.1, 0.15) is 0 Å². The van der Waals surface area contributed by atoms with E-state index in [4.69, 9.17) is 9.73 Å². The van der Waals surface area contributed by atoms with Gasteiger partial charge in [0.15, 0.2) is 5.96 Å². The molecule has 1 aromatic rings. The molecule has 0 aromatic carbocycles. The smallest absolute Gasteiger partial charge is 0.213 e. The Morgan fingerprint density at radius 1 is 1.32 bits per heavy atom. The van der Waals surface area contributed by atoms with Gasteiger partial charge in [-0.25, -0.2) is 9.98 Å². The lowest BCUT2D eigenvalue weighted by Crippen LogP contribution is -2.48. The Kier molecular flexibility index (Phi) is 7.71. The van der Waals surface area contributed by atoms with Crippen molar-refractivity contribution in [1.29, 1.82) is 0 Å². The van der Waals surface area contributed by atoms with E-state index >= 15 is 0 Å². The maximum atomic E-state index is 5.78. The van der Waals surface area contributed by atoms with Crippen LogP contribution in [0.4, 0.5) is 0 Å². The molecule has 6 heteroatoms. The average Bonchev–Trinajstić information content (AvgIpc) is 3.51. The van der Waals surface area contributed by atoms with Crippen LogP contribution in [0.15, 0.2) is 35.5 Å². The predicted molar refractivity (Wildman–Crippen MR) is 115 cm³/mol. The molecule has 2 fully saturated rings. The molecule has 3 rings (SSSR count). The molecule has 0 bridgehead atoms. The number of likely N-dealkylation sites (tertiary alicyclic amines) is 1.